The highest BCUT2D eigenvalue weighted by atomic mass is 16.5. The highest BCUT2D eigenvalue weighted by Gasteiger charge is 2.40. The maximum absolute atomic E-state index is 12.0. The average Bonchev–Trinajstić information content (AvgIpc) is 2.92. The summed E-state index contributed by atoms with van der Waals surface area (Å²) in [5, 5.41) is 0. The van der Waals surface area contributed by atoms with Gasteiger partial charge in [-0.25, -0.2) is 0 Å². The van der Waals surface area contributed by atoms with Crippen molar-refractivity contribution in [2.45, 2.75) is 57.5 Å². The van der Waals surface area contributed by atoms with Crippen molar-refractivity contribution in [2.75, 3.05) is 13.2 Å². The molecule has 3 rings (SSSR count). The number of ether oxygens (including phenoxy) is 1. The second-order valence-corrected chi connectivity index (χ2v) is 7.44. The van der Waals surface area contributed by atoms with Gasteiger partial charge >= 0.3 is 0 Å². The molecule has 0 aliphatic carbocycles. The van der Waals surface area contributed by atoms with Crippen molar-refractivity contribution in [3.05, 3.63) is 35.9 Å². The molecule has 0 spiro atoms. The largest absolute Gasteiger partial charge is 0.378 e. The zero-order valence-corrected chi connectivity index (χ0v) is 14.7. The molecule has 2 fully saturated rings. The van der Waals surface area contributed by atoms with E-state index in [0.29, 0.717) is 25.3 Å². The Morgan fingerprint density at radius 3 is 2.46 bits per heavy atom. The molecule has 0 aromatic heterocycles. The van der Waals surface area contributed by atoms with E-state index in [-0.39, 0.29) is 23.3 Å². The van der Waals surface area contributed by atoms with Crippen molar-refractivity contribution < 1.29 is 14.3 Å². The van der Waals surface area contributed by atoms with Gasteiger partial charge in [-0.15, -0.1) is 0 Å². The van der Waals surface area contributed by atoms with E-state index in [1.807, 2.05) is 6.07 Å². The lowest BCUT2D eigenvalue weighted by Crippen LogP contribution is -2.43. The lowest BCUT2D eigenvalue weighted by molar-refractivity contribution is -0.138. The quantitative estimate of drug-likeness (QED) is 0.779. The Bertz CT molecular complexity index is 582. The molecule has 0 saturated carbocycles. The average molecular weight is 329 g/mol. The van der Waals surface area contributed by atoms with E-state index in [9.17, 15) is 9.59 Å². The Labute approximate surface area is 144 Å². The monoisotopic (exact) mass is 329 g/mol. The number of hydrogen-bond donors (Lipinski definition) is 0. The maximum atomic E-state index is 12.0. The van der Waals surface area contributed by atoms with E-state index in [0.717, 1.165) is 25.9 Å². The number of amides is 2. The van der Waals surface area contributed by atoms with E-state index < -0.39 is 0 Å². The van der Waals surface area contributed by atoms with Crippen LogP contribution in [0.5, 0.6) is 0 Å². The first kappa shape index (κ1) is 17.2. The van der Waals surface area contributed by atoms with Gasteiger partial charge in [0.1, 0.15) is 0 Å². The summed E-state index contributed by atoms with van der Waals surface area (Å²) < 4.78 is 5.98. The third kappa shape index (κ3) is 3.39. The summed E-state index contributed by atoms with van der Waals surface area (Å²) in [5.74, 6) is 0.426. The minimum Gasteiger partial charge on any atom is -0.378 e. The molecule has 0 radical (unpaired) electrons. The zero-order valence-electron chi connectivity index (χ0n) is 14.7. The molecule has 2 unspecified atom stereocenters. The Morgan fingerprint density at radius 2 is 1.83 bits per heavy atom. The molecule has 2 amide bonds. The first-order valence-corrected chi connectivity index (χ1v) is 9.02. The topological polar surface area (TPSA) is 46.6 Å². The van der Waals surface area contributed by atoms with Gasteiger partial charge in [0.05, 0.1) is 6.10 Å². The predicted octanol–water partition coefficient (Wildman–Crippen LogP) is 3.30. The van der Waals surface area contributed by atoms with Gasteiger partial charge in [0.15, 0.2) is 0 Å². The summed E-state index contributed by atoms with van der Waals surface area (Å²) in [6.07, 6.45) is 3.68. The Hall–Kier alpha value is -1.68. The van der Waals surface area contributed by atoms with Crippen LogP contribution in [0.1, 0.15) is 51.5 Å². The van der Waals surface area contributed by atoms with Crippen LogP contribution in [-0.2, 0) is 19.7 Å². The van der Waals surface area contributed by atoms with Crippen molar-refractivity contribution in [1.82, 2.24) is 4.90 Å². The van der Waals surface area contributed by atoms with E-state index in [2.05, 4.69) is 38.1 Å². The van der Waals surface area contributed by atoms with E-state index >= 15 is 0 Å². The summed E-state index contributed by atoms with van der Waals surface area (Å²) in [6, 6.07) is 10.5. The number of carbonyl (C=O) groups is 2. The molecule has 2 heterocycles. The lowest BCUT2D eigenvalue weighted by atomic mass is 9.68. The molecule has 1 aromatic carbocycles. The van der Waals surface area contributed by atoms with Gasteiger partial charge in [0.25, 0.3) is 0 Å². The highest BCUT2D eigenvalue weighted by Crippen LogP contribution is 2.42. The smallest absolute Gasteiger partial charge is 0.229 e. The maximum Gasteiger partial charge on any atom is 0.229 e. The summed E-state index contributed by atoms with van der Waals surface area (Å²) in [4.78, 5) is 25.4. The summed E-state index contributed by atoms with van der Waals surface area (Å²) in [7, 11) is 0. The van der Waals surface area contributed by atoms with E-state index in [1.54, 1.807) is 0 Å². The van der Waals surface area contributed by atoms with Crippen molar-refractivity contribution in [3.63, 3.8) is 0 Å². The minimum atomic E-state index is -0.0179. The van der Waals surface area contributed by atoms with E-state index in [1.165, 1.54) is 10.5 Å². The van der Waals surface area contributed by atoms with Crippen LogP contribution in [0.2, 0.25) is 0 Å². The van der Waals surface area contributed by atoms with Crippen molar-refractivity contribution in [2.24, 2.45) is 5.92 Å². The van der Waals surface area contributed by atoms with Crippen LogP contribution in [0.15, 0.2) is 30.3 Å². The van der Waals surface area contributed by atoms with Crippen LogP contribution in [0, 0.1) is 5.92 Å². The molecule has 2 atom stereocenters. The standard InChI is InChI=1S/C20H27NO3/c1-15(2)17-14-20(11-13-24-17,16-6-4-3-5-7-16)10-12-21-18(22)8-9-19(21)23/h3-7,15,17H,8-14H2,1-2H3. The number of hydrogen-bond acceptors (Lipinski definition) is 3. The number of carbonyl (C=O) groups excluding carboxylic acids is 2. The fraction of sp³-hybridized carbons (Fsp3) is 0.600. The number of imide groups is 1. The zero-order chi connectivity index (χ0) is 17.2. The molecule has 0 N–H and O–H groups in total. The third-order valence-electron chi connectivity index (χ3n) is 5.60. The van der Waals surface area contributed by atoms with Gasteiger partial charge < -0.3 is 4.74 Å². The van der Waals surface area contributed by atoms with E-state index in [4.69, 9.17) is 4.74 Å². The Balaban J connectivity index is 1.82. The van der Waals surface area contributed by atoms with Crippen molar-refractivity contribution >= 4 is 11.8 Å². The molecule has 24 heavy (non-hydrogen) atoms. The van der Waals surface area contributed by atoms with Crippen LogP contribution < -0.4 is 0 Å². The second kappa shape index (κ2) is 7.06. The summed E-state index contributed by atoms with van der Waals surface area (Å²) >= 11 is 0. The SMILES string of the molecule is CC(C)C1CC(CCN2C(=O)CCC2=O)(c2ccccc2)CCO1. The summed E-state index contributed by atoms with van der Waals surface area (Å²) in [6.45, 7) is 5.65. The van der Waals surface area contributed by atoms with Gasteiger partial charge in [0, 0.05) is 31.4 Å². The predicted molar refractivity (Wildman–Crippen MR) is 92.5 cm³/mol. The highest BCUT2D eigenvalue weighted by molar-refractivity contribution is 6.01. The van der Waals surface area contributed by atoms with Crippen LogP contribution in [0.4, 0.5) is 0 Å². The van der Waals surface area contributed by atoms with Crippen molar-refractivity contribution in [3.8, 4) is 0 Å². The Kier molecular flexibility index (Phi) is 5.04. The number of rotatable bonds is 5. The molecular formula is C20H27NO3. The normalized spacial score (nSPS) is 28.0. The second-order valence-electron chi connectivity index (χ2n) is 7.44. The number of benzene rings is 1. The number of nitrogens with zero attached hydrogens (tertiary/aromatic N) is 1. The Morgan fingerprint density at radius 1 is 1.17 bits per heavy atom. The molecular weight excluding hydrogens is 302 g/mol. The van der Waals surface area contributed by atoms with Crippen LogP contribution in [0.3, 0.4) is 0 Å². The molecule has 0 bridgehead atoms. The van der Waals surface area contributed by atoms with Gasteiger partial charge in [0.2, 0.25) is 11.8 Å². The fourth-order valence-corrected chi connectivity index (χ4v) is 4.00. The molecule has 4 nitrogen and oxygen atoms in total. The first-order chi connectivity index (χ1) is 11.5. The molecule has 130 valence electrons. The molecule has 2 aliphatic rings. The third-order valence-corrected chi connectivity index (χ3v) is 5.60. The molecule has 1 aromatic rings. The molecule has 2 aliphatic heterocycles. The van der Waals surface area contributed by atoms with Gasteiger partial charge in [-0.2, -0.15) is 0 Å². The van der Waals surface area contributed by atoms with Gasteiger partial charge in [-0.05, 0) is 30.7 Å². The molecule has 4 heteroatoms. The van der Waals surface area contributed by atoms with Gasteiger partial charge in [-0.3, -0.25) is 14.5 Å². The minimum absolute atomic E-state index is 0.0163. The fourth-order valence-electron chi connectivity index (χ4n) is 4.00. The van der Waals surface area contributed by atoms with Crippen LogP contribution in [0.25, 0.3) is 0 Å². The van der Waals surface area contributed by atoms with Crippen LogP contribution in [-0.4, -0.2) is 36.0 Å². The first-order valence-electron chi connectivity index (χ1n) is 9.02. The van der Waals surface area contributed by atoms with Gasteiger partial charge in [-0.1, -0.05) is 44.2 Å². The van der Waals surface area contributed by atoms with Crippen molar-refractivity contribution in [1.29, 1.82) is 0 Å². The molecule has 2 saturated heterocycles. The number of likely N-dealkylation sites (tertiary alicyclic amines) is 1. The van der Waals surface area contributed by atoms with Crippen LogP contribution >= 0.6 is 0 Å². The lowest BCUT2D eigenvalue weighted by Gasteiger charge is -2.43. The summed E-state index contributed by atoms with van der Waals surface area (Å²) in [5.41, 5.74) is 1.29.